The summed E-state index contributed by atoms with van der Waals surface area (Å²) >= 11 is 0. The molecule has 0 saturated heterocycles. The zero-order valence-electron chi connectivity index (χ0n) is 33.6. The monoisotopic (exact) mass is 746 g/mol. The van der Waals surface area contributed by atoms with Gasteiger partial charge in [0.25, 0.3) is 0 Å². The Bertz CT molecular complexity index is 797. The summed E-state index contributed by atoms with van der Waals surface area (Å²) in [6.07, 6.45) is 42.4. The third-order valence-electron chi connectivity index (χ3n) is 9.43. The van der Waals surface area contributed by atoms with Gasteiger partial charge in [0.15, 0.2) is 0 Å². The Kier molecular flexibility index (Phi) is 39.8. The molecule has 9 heteroatoms. The number of esters is 1. The maximum absolute atomic E-state index is 12.6. The lowest BCUT2D eigenvalue weighted by molar-refractivity contribution is -0.154. The number of phosphoric ester groups is 1. The van der Waals surface area contributed by atoms with Crippen LogP contribution in [0.2, 0.25) is 0 Å². The van der Waals surface area contributed by atoms with E-state index >= 15 is 0 Å². The van der Waals surface area contributed by atoms with Crippen LogP contribution in [-0.4, -0.2) is 49.9 Å². The standard InChI is InChI=1S/C42H84NO7P/c1-3-5-7-9-11-13-14-15-16-17-18-19-20-21-22-23-24-25-26-27-29-31-33-35-42(44)50-41(40-49-51(45,46)48-38-36-43)39-47-37-34-32-30-28-12-10-8-6-4-2/h17-18,41H,3-16,19-40,43H2,1-2H3,(H,45,46)/b18-17-. The molecule has 0 fully saturated rings. The fraction of sp³-hybridized carbons (Fsp3) is 0.929. The molecule has 0 aliphatic rings. The van der Waals surface area contributed by atoms with E-state index in [0.29, 0.717) is 13.0 Å². The van der Waals surface area contributed by atoms with E-state index in [1.165, 1.54) is 161 Å². The van der Waals surface area contributed by atoms with Crippen LogP contribution in [0.5, 0.6) is 0 Å². The largest absolute Gasteiger partial charge is 0.472 e. The van der Waals surface area contributed by atoms with Crippen LogP contribution in [-0.2, 0) is 27.9 Å². The number of rotatable bonds is 42. The lowest BCUT2D eigenvalue weighted by Gasteiger charge is -2.20. The molecule has 0 bridgehead atoms. The number of nitrogens with two attached hydrogens (primary N) is 1. The molecular formula is C42H84NO7P. The quantitative estimate of drug-likeness (QED) is 0.0274. The number of phosphoric acid groups is 1. The maximum atomic E-state index is 12.6. The Morgan fingerprint density at radius 1 is 0.569 bits per heavy atom. The molecule has 0 aromatic rings. The van der Waals surface area contributed by atoms with E-state index in [1.807, 2.05) is 0 Å². The average Bonchev–Trinajstić information content (AvgIpc) is 3.12. The van der Waals surface area contributed by atoms with Crippen LogP contribution >= 0.6 is 7.82 Å². The van der Waals surface area contributed by atoms with Crippen molar-refractivity contribution in [3.8, 4) is 0 Å². The second-order valence-electron chi connectivity index (χ2n) is 14.6. The van der Waals surface area contributed by atoms with Crippen LogP contribution in [0, 0.1) is 0 Å². The SMILES string of the molecule is CCCCCCCCCC/C=C\CCCCCCCCCCCCCC(=O)OC(COCCCCCCCCCCC)COP(=O)(O)OCCN. The number of unbranched alkanes of at least 4 members (excludes halogenated alkanes) is 27. The van der Waals surface area contributed by atoms with Gasteiger partial charge in [-0.3, -0.25) is 13.8 Å². The average molecular weight is 746 g/mol. The number of hydrogen-bond donors (Lipinski definition) is 2. The second-order valence-corrected chi connectivity index (χ2v) is 16.0. The maximum Gasteiger partial charge on any atom is 0.472 e. The molecule has 3 N–H and O–H groups in total. The fourth-order valence-electron chi connectivity index (χ4n) is 6.23. The minimum absolute atomic E-state index is 0.0924. The van der Waals surface area contributed by atoms with Gasteiger partial charge in [0.1, 0.15) is 6.10 Å². The van der Waals surface area contributed by atoms with Crippen molar-refractivity contribution in [1.29, 1.82) is 0 Å². The van der Waals surface area contributed by atoms with Crippen molar-refractivity contribution in [2.45, 2.75) is 219 Å². The number of carbonyl (C=O) groups excluding carboxylic acids is 1. The Hall–Kier alpha value is -0.760. The Balaban J connectivity index is 3.88. The third-order valence-corrected chi connectivity index (χ3v) is 10.4. The van der Waals surface area contributed by atoms with Gasteiger partial charge in [-0.1, -0.05) is 180 Å². The first-order chi connectivity index (χ1) is 24.9. The van der Waals surface area contributed by atoms with E-state index in [-0.39, 0.29) is 32.3 Å². The lowest BCUT2D eigenvalue weighted by atomic mass is 10.0. The third kappa shape index (κ3) is 40.3. The highest BCUT2D eigenvalue weighted by molar-refractivity contribution is 7.47. The van der Waals surface area contributed by atoms with E-state index in [9.17, 15) is 14.3 Å². The number of ether oxygens (including phenoxy) is 2. The van der Waals surface area contributed by atoms with Crippen LogP contribution < -0.4 is 5.73 Å². The van der Waals surface area contributed by atoms with E-state index in [1.54, 1.807) is 0 Å². The highest BCUT2D eigenvalue weighted by Crippen LogP contribution is 2.43. The highest BCUT2D eigenvalue weighted by Gasteiger charge is 2.25. The van der Waals surface area contributed by atoms with E-state index in [2.05, 4.69) is 26.0 Å². The molecule has 0 aromatic carbocycles. The first kappa shape index (κ1) is 50.2. The molecule has 0 saturated carbocycles. The minimum atomic E-state index is -4.26. The predicted molar refractivity (Wildman–Crippen MR) is 215 cm³/mol. The molecule has 2 unspecified atom stereocenters. The first-order valence-corrected chi connectivity index (χ1v) is 23.2. The van der Waals surface area contributed by atoms with Crippen molar-refractivity contribution >= 4 is 13.8 Å². The van der Waals surface area contributed by atoms with Crippen molar-refractivity contribution in [2.24, 2.45) is 5.73 Å². The Morgan fingerprint density at radius 2 is 0.980 bits per heavy atom. The van der Waals surface area contributed by atoms with Gasteiger partial charge in [0.2, 0.25) is 0 Å². The molecule has 0 amide bonds. The lowest BCUT2D eigenvalue weighted by Crippen LogP contribution is -2.28. The van der Waals surface area contributed by atoms with Crippen LogP contribution in [0.15, 0.2) is 12.2 Å². The molecule has 51 heavy (non-hydrogen) atoms. The number of allylic oxidation sites excluding steroid dienone is 2. The van der Waals surface area contributed by atoms with Crippen LogP contribution in [0.3, 0.4) is 0 Å². The summed E-state index contributed by atoms with van der Waals surface area (Å²) in [4.78, 5) is 22.4. The number of hydrogen-bond acceptors (Lipinski definition) is 7. The van der Waals surface area contributed by atoms with Gasteiger partial charge in [-0.25, -0.2) is 4.57 Å². The van der Waals surface area contributed by atoms with Crippen LogP contribution in [0.25, 0.3) is 0 Å². The molecule has 0 aliphatic carbocycles. The van der Waals surface area contributed by atoms with E-state index in [4.69, 9.17) is 24.3 Å². The van der Waals surface area contributed by atoms with E-state index in [0.717, 1.165) is 32.1 Å². The molecule has 2 atom stereocenters. The van der Waals surface area contributed by atoms with Crippen molar-refractivity contribution < 1.29 is 32.8 Å². The summed E-state index contributed by atoms with van der Waals surface area (Å²) in [5.41, 5.74) is 5.36. The second kappa shape index (κ2) is 40.4. The van der Waals surface area contributed by atoms with Crippen LogP contribution in [0.4, 0.5) is 0 Å². The molecule has 0 aromatic heterocycles. The summed E-state index contributed by atoms with van der Waals surface area (Å²) in [5.74, 6) is -0.329. The molecule has 8 nitrogen and oxygen atoms in total. The normalized spacial score (nSPS) is 13.6. The van der Waals surface area contributed by atoms with Crippen molar-refractivity contribution in [2.75, 3.05) is 33.0 Å². The Morgan fingerprint density at radius 3 is 1.43 bits per heavy atom. The summed E-state index contributed by atoms with van der Waals surface area (Å²) in [6.45, 7) is 4.94. The molecule has 304 valence electrons. The predicted octanol–water partition coefficient (Wildman–Crippen LogP) is 12.7. The fourth-order valence-corrected chi connectivity index (χ4v) is 6.99. The van der Waals surface area contributed by atoms with Gasteiger partial charge in [-0.05, 0) is 38.5 Å². The topological polar surface area (TPSA) is 117 Å². The molecular weight excluding hydrogens is 661 g/mol. The zero-order valence-corrected chi connectivity index (χ0v) is 34.5. The van der Waals surface area contributed by atoms with Gasteiger partial charge in [0.05, 0.1) is 19.8 Å². The van der Waals surface area contributed by atoms with Gasteiger partial charge >= 0.3 is 13.8 Å². The summed E-state index contributed by atoms with van der Waals surface area (Å²) in [6, 6.07) is 0. The zero-order chi connectivity index (χ0) is 37.4. The molecule has 0 rings (SSSR count). The van der Waals surface area contributed by atoms with Gasteiger partial charge in [-0.2, -0.15) is 0 Å². The summed E-state index contributed by atoms with van der Waals surface area (Å²) in [5, 5.41) is 0. The van der Waals surface area contributed by atoms with Gasteiger partial charge in [0, 0.05) is 19.6 Å². The molecule has 0 heterocycles. The van der Waals surface area contributed by atoms with Crippen molar-refractivity contribution in [3.05, 3.63) is 12.2 Å². The first-order valence-electron chi connectivity index (χ1n) is 21.7. The van der Waals surface area contributed by atoms with Crippen LogP contribution in [0.1, 0.15) is 213 Å². The smallest absolute Gasteiger partial charge is 0.457 e. The molecule has 0 radical (unpaired) electrons. The van der Waals surface area contributed by atoms with Gasteiger partial charge < -0.3 is 20.1 Å². The highest BCUT2D eigenvalue weighted by atomic mass is 31.2. The molecule has 0 aliphatic heterocycles. The summed E-state index contributed by atoms with van der Waals surface area (Å²) < 4.78 is 33.3. The molecule has 0 spiro atoms. The minimum Gasteiger partial charge on any atom is -0.457 e. The van der Waals surface area contributed by atoms with Crippen molar-refractivity contribution in [3.63, 3.8) is 0 Å². The van der Waals surface area contributed by atoms with E-state index < -0.39 is 13.9 Å². The van der Waals surface area contributed by atoms with Crippen molar-refractivity contribution in [1.82, 2.24) is 0 Å². The number of carbonyl (C=O) groups is 1. The van der Waals surface area contributed by atoms with Gasteiger partial charge in [-0.15, -0.1) is 0 Å². The Labute approximate surface area is 315 Å². The summed E-state index contributed by atoms with van der Waals surface area (Å²) in [7, 11) is -4.26.